The molecule has 1 aromatic carbocycles. The van der Waals surface area contributed by atoms with Crippen LogP contribution in [0.2, 0.25) is 0 Å². The third kappa shape index (κ3) is 5.42. The molecule has 0 bridgehead atoms. The second kappa shape index (κ2) is 9.07. The Morgan fingerprint density at radius 2 is 1.76 bits per heavy atom. The number of benzene rings is 1. The zero-order valence-electron chi connectivity index (χ0n) is 16.1. The van der Waals surface area contributed by atoms with E-state index in [4.69, 9.17) is 9.47 Å². The second-order valence-corrected chi connectivity index (χ2v) is 12.7. The normalized spacial score (nSPS) is 25.1. The van der Waals surface area contributed by atoms with E-state index in [-0.39, 0.29) is 15.9 Å². The van der Waals surface area contributed by atoms with Crippen LogP contribution in [0.1, 0.15) is 59.5 Å². The van der Waals surface area contributed by atoms with Gasteiger partial charge in [0.05, 0.1) is 0 Å². The van der Waals surface area contributed by atoms with Crippen molar-refractivity contribution in [3.8, 4) is 0 Å². The molecule has 1 saturated carbocycles. The zero-order valence-corrected chi connectivity index (χ0v) is 18.2. The first-order valence-electron chi connectivity index (χ1n) is 10.00. The van der Waals surface area contributed by atoms with Gasteiger partial charge in [-0.3, -0.25) is 0 Å². The van der Waals surface area contributed by atoms with Crippen molar-refractivity contribution in [2.45, 2.75) is 54.3 Å². The van der Waals surface area contributed by atoms with E-state index in [9.17, 15) is 18.0 Å². The molecule has 4 rings (SSSR count). The van der Waals surface area contributed by atoms with E-state index >= 15 is 0 Å². The van der Waals surface area contributed by atoms with E-state index in [1.54, 1.807) is 0 Å². The predicted molar refractivity (Wildman–Crippen MR) is 111 cm³/mol. The Bertz CT molecular complexity index is 736. The number of carbonyl (C=O) groups is 1. The van der Waals surface area contributed by atoms with Crippen molar-refractivity contribution in [1.29, 1.82) is 0 Å². The molecule has 1 atom stereocenters. The number of halogens is 4. The van der Waals surface area contributed by atoms with Crippen molar-refractivity contribution >= 4 is 26.0 Å². The van der Waals surface area contributed by atoms with Gasteiger partial charge in [-0.1, -0.05) is 0 Å². The van der Waals surface area contributed by atoms with Gasteiger partial charge >= 0.3 is 176 Å². The number of carbonyl (C=O) groups excluding carboxylic acids is 1. The Morgan fingerprint density at radius 1 is 1.03 bits per heavy atom. The minimum absolute atomic E-state index is 0.0561. The monoisotopic (exact) mass is 526 g/mol. The van der Waals surface area contributed by atoms with Crippen LogP contribution in [0.15, 0.2) is 18.2 Å². The molecule has 3 fully saturated rings. The first-order valence-corrected chi connectivity index (χ1v) is 13.8. The summed E-state index contributed by atoms with van der Waals surface area (Å²) in [5, 5.41) is 3.69. The van der Waals surface area contributed by atoms with Crippen molar-refractivity contribution < 1.29 is 27.4 Å². The van der Waals surface area contributed by atoms with Crippen LogP contribution >= 0.6 is 20.1 Å². The second-order valence-electron chi connectivity index (χ2n) is 7.72. The topological polar surface area (TPSA) is 59.6 Å². The van der Waals surface area contributed by atoms with E-state index in [1.165, 1.54) is 6.07 Å². The summed E-state index contributed by atoms with van der Waals surface area (Å²) in [5.41, 5.74) is 0.225. The fraction of sp³-hybridized carbons (Fsp3) is 0.650. The van der Waals surface area contributed by atoms with Crippen LogP contribution in [0.4, 0.5) is 13.2 Å². The first kappa shape index (κ1) is 21.3. The SMILES string of the molecule is O=C(NI1COCC[C@H]1NC1CCOCC1)c1ccc(C(F)(F)F)cc1C1CC1. The summed E-state index contributed by atoms with van der Waals surface area (Å²) in [6.45, 7) is 2.16. The van der Waals surface area contributed by atoms with Crippen LogP contribution in [0.5, 0.6) is 0 Å². The molecule has 162 valence electrons. The van der Waals surface area contributed by atoms with Crippen LogP contribution in [0, 0.1) is 0 Å². The van der Waals surface area contributed by atoms with Crippen LogP contribution in [-0.4, -0.2) is 40.4 Å². The Balaban J connectivity index is 1.47. The third-order valence-electron chi connectivity index (χ3n) is 5.51. The number of rotatable bonds is 5. The maximum atomic E-state index is 13.1. The van der Waals surface area contributed by atoms with Gasteiger partial charge in [0.2, 0.25) is 0 Å². The number of hydrogen-bond acceptors (Lipinski definition) is 4. The molecule has 3 aliphatic rings. The number of nitrogens with one attached hydrogen (secondary N) is 2. The first-order chi connectivity index (χ1) is 13.9. The molecule has 2 heterocycles. The summed E-state index contributed by atoms with van der Waals surface area (Å²) in [6.07, 6.45) is 0.0391. The molecule has 1 aliphatic carbocycles. The van der Waals surface area contributed by atoms with Gasteiger partial charge in [-0.15, -0.1) is 0 Å². The zero-order chi connectivity index (χ0) is 20.4. The molecule has 29 heavy (non-hydrogen) atoms. The van der Waals surface area contributed by atoms with Crippen molar-refractivity contribution in [2.75, 3.05) is 24.4 Å². The van der Waals surface area contributed by atoms with Crippen molar-refractivity contribution in [1.82, 2.24) is 8.85 Å². The van der Waals surface area contributed by atoms with E-state index in [2.05, 4.69) is 8.85 Å². The van der Waals surface area contributed by atoms with Gasteiger partial charge in [-0.2, -0.15) is 0 Å². The summed E-state index contributed by atoms with van der Waals surface area (Å²) < 4.78 is 54.3. The van der Waals surface area contributed by atoms with Gasteiger partial charge in [0.15, 0.2) is 0 Å². The van der Waals surface area contributed by atoms with Gasteiger partial charge in [-0.05, 0) is 0 Å². The molecule has 1 aromatic rings. The molecule has 5 nitrogen and oxygen atoms in total. The van der Waals surface area contributed by atoms with E-state index in [0.29, 0.717) is 28.4 Å². The number of amides is 1. The number of ether oxygens (including phenoxy) is 2. The molecular formula is C20H26F3IN2O3. The molecule has 2 N–H and O–H groups in total. The number of alkyl halides is 5. The van der Waals surface area contributed by atoms with E-state index < -0.39 is 31.8 Å². The van der Waals surface area contributed by atoms with Crippen LogP contribution in [0.25, 0.3) is 0 Å². The molecule has 9 heteroatoms. The molecule has 2 saturated heterocycles. The molecular weight excluding hydrogens is 500 g/mol. The Hall–Kier alpha value is -0.910. The summed E-state index contributed by atoms with van der Waals surface area (Å²) in [7, 11) is 0. The van der Waals surface area contributed by atoms with Gasteiger partial charge in [0.25, 0.3) is 0 Å². The summed E-state index contributed by atoms with van der Waals surface area (Å²) in [5.74, 6) is -0.198. The predicted octanol–water partition coefficient (Wildman–Crippen LogP) is 4.21. The standard InChI is InChI=1S/C20H26F3IN2O3/c21-20(22,23)14-3-4-16(17(11-14)13-1-2-13)19(27)26-24-12-29-10-7-18(24)25-15-5-8-28-9-6-15/h3-4,11,13,15,18,25H,1-2,5-10,12H2,(H,26,27)/t18-/m1/s1. The Labute approximate surface area is 175 Å². The fourth-order valence-electron chi connectivity index (χ4n) is 3.74. The summed E-state index contributed by atoms with van der Waals surface area (Å²) in [4.78, 5) is 13.0. The average Bonchev–Trinajstić information content (AvgIpc) is 3.54. The molecule has 0 aromatic heterocycles. The average molecular weight is 526 g/mol. The van der Waals surface area contributed by atoms with Crippen LogP contribution < -0.4 is 8.85 Å². The minimum atomic E-state index is -4.40. The molecule has 0 unspecified atom stereocenters. The Kier molecular flexibility index (Phi) is 6.67. The third-order valence-corrected chi connectivity index (χ3v) is 10.6. The fourth-order valence-corrected chi connectivity index (χ4v) is 8.36. The summed E-state index contributed by atoms with van der Waals surface area (Å²) >= 11 is -2.02. The van der Waals surface area contributed by atoms with Crippen molar-refractivity contribution in [3.05, 3.63) is 34.9 Å². The number of hydrogen-bond donors (Lipinski definition) is 2. The van der Waals surface area contributed by atoms with Crippen LogP contribution in [-0.2, 0) is 15.7 Å². The van der Waals surface area contributed by atoms with E-state index in [1.807, 2.05) is 0 Å². The Morgan fingerprint density at radius 3 is 2.45 bits per heavy atom. The molecule has 0 radical (unpaired) electrons. The molecule has 1 amide bonds. The quantitative estimate of drug-likeness (QED) is 0.262. The molecule has 0 spiro atoms. The van der Waals surface area contributed by atoms with Crippen molar-refractivity contribution in [3.63, 3.8) is 0 Å². The van der Waals surface area contributed by atoms with Gasteiger partial charge < -0.3 is 0 Å². The van der Waals surface area contributed by atoms with Gasteiger partial charge in [-0.25, -0.2) is 0 Å². The maximum absolute atomic E-state index is 13.1. The van der Waals surface area contributed by atoms with Crippen molar-refractivity contribution in [2.24, 2.45) is 0 Å². The van der Waals surface area contributed by atoms with Crippen LogP contribution in [0.3, 0.4) is 0 Å². The van der Waals surface area contributed by atoms with Gasteiger partial charge in [0, 0.05) is 0 Å². The molecule has 2 aliphatic heterocycles. The van der Waals surface area contributed by atoms with Gasteiger partial charge in [0.1, 0.15) is 0 Å². The van der Waals surface area contributed by atoms with E-state index in [0.717, 1.165) is 57.5 Å². The summed E-state index contributed by atoms with van der Waals surface area (Å²) in [6, 6.07) is 3.90.